The van der Waals surface area contributed by atoms with Crippen molar-refractivity contribution in [3.8, 4) is 55.6 Å². The molecule has 0 bridgehead atoms. The quantitative estimate of drug-likeness (QED) is 0.0990. The molecule has 2 nitrogen and oxygen atoms in total. The molecule has 0 unspecified atom stereocenters. The van der Waals surface area contributed by atoms with Gasteiger partial charge in [-0.1, -0.05) is 351 Å². The van der Waals surface area contributed by atoms with Gasteiger partial charge < -0.3 is 10.0 Å². The molecule has 0 heterocycles. The topological polar surface area (TPSA) is 40.5 Å². The summed E-state index contributed by atoms with van der Waals surface area (Å²) in [4.78, 5) is 0. The minimum Gasteiger partial charge on any atom is -0.423 e. The summed E-state index contributed by atoms with van der Waals surface area (Å²) in [7, 11) is -1.53. The first kappa shape index (κ1) is 58.4. The van der Waals surface area contributed by atoms with Crippen LogP contribution in [0.15, 0.2) is 344 Å². The van der Waals surface area contributed by atoms with E-state index in [1.807, 2.05) is 42.5 Å². The van der Waals surface area contributed by atoms with Crippen LogP contribution in [-0.2, 0) is 0 Å². The van der Waals surface area contributed by atoms with Gasteiger partial charge in [0.25, 0.3) is 0 Å². The number of hydrogen-bond donors (Lipinski definition) is 2. The minimum absolute atomic E-state index is 0. The number of benzene rings is 18. The van der Waals surface area contributed by atoms with Gasteiger partial charge in [-0.3, -0.25) is 0 Å². The molecule has 0 radical (unpaired) electrons. The summed E-state index contributed by atoms with van der Waals surface area (Å²) in [5.74, 6) is 0. The van der Waals surface area contributed by atoms with Gasteiger partial charge in [0.05, 0.1) is 0 Å². The molecule has 0 amide bonds. The third kappa shape index (κ3) is 10.5. The molecule has 18 aromatic rings. The smallest absolute Gasteiger partial charge is 0.423 e. The summed E-state index contributed by atoms with van der Waals surface area (Å²) < 4.78 is 1.11. The molecular weight excluding hydrogens is 1190 g/mol. The monoisotopic (exact) mass is 1250 g/mol. The van der Waals surface area contributed by atoms with Crippen molar-refractivity contribution >= 4 is 136 Å². The predicted octanol–water partition coefficient (Wildman–Crippen LogP) is 24.0. The number of rotatable bonds is 6. The zero-order chi connectivity index (χ0) is 61.7. The van der Waals surface area contributed by atoms with Crippen LogP contribution in [0.1, 0.15) is 7.43 Å². The van der Waals surface area contributed by atoms with Crippen LogP contribution in [0.4, 0.5) is 0 Å². The van der Waals surface area contributed by atoms with E-state index < -0.39 is 7.12 Å². The summed E-state index contributed by atoms with van der Waals surface area (Å²) in [6.45, 7) is 0. The molecule has 0 fully saturated rings. The predicted molar refractivity (Wildman–Crippen MR) is 406 cm³/mol. The molecule has 0 saturated carbocycles. The zero-order valence-electron chi connectivity index (χ0n) is 50.2. The Morgan fingerprint density at radius 1 is 0.194 bits per heavy atom. The molecule has 18 aromatic carbocycles. The van der Waals surface area contributed by atoms with Gasteiger partial charge in [0.2, 0.25) is 0 Å². The fourth-order valence-corrected chi connectivity index (χ4v) is 14.6. The third-order valence-corrected chi connectivity index (χ3v) is 19.0. The Labute approximate surface area is 549 Å². The van der Waals surface area contributed by atoms with E-state index in [0.717, 1.165) is 37.1 Å². The van der Waals surface area contributed by atoms with E-state index in [-0.39, 0.29) is 7.43 Å². The third-order valence-electron chi connectivity index (χ3n) is 18.5. The molecule has 18 rings (SSSR count). The molecule has 4 heteroatoms. The Morgan fingerprint density at radius 2 is 0.462 bits per heavy atom. The molecule has 0 aliphatic heterocycles. The van der Waals surface area contributed by atoms with Gasteiger partial charge in [-0.15, -0.1) is 0 Å². The van der Waals surface area contributed by atoms with Gasteiger partial charge in [-0.25, -0.2) is 0 Å². The average molecular weight is 1250 g/mol. The van der Waals surface area contributed by atoms with E-state index in [4.69, 9.17) is 0 Å². The second-order valence-corrected chi connectivity index (χ2v) is 24.5. The van der Waals surface area contributed by atoms with Crippen LogP contribution < -0.4 is 5.46 Å². The minimum atomic E-state index is -1.53. The highest BCUT2D eigenvalue weighted by Crippen LogP contribution is 2.47. The second-order valence-electron chi connectivity index (χ2n) is 23.6. The summed E-state index contributed by atoms with van der Waals surface area (Å²) >= 11 is 3.50. The lowest BCUT2D eigenvalue weighted by molar-refractivity contribution is 0.426. The lowest BCUT2D eigenvalue weighted by Gasteiger charge is -2.19. The molecule has 0 aliphatic carbocycles. The summed E-state index contributed by atoms with van der Waals surface area (Å²) in [6, 6.07) is 121. The lowest BCUT2D eigenvalue weighted by atomic mass is 9.72. The first-order valence-electron chi connectivity index (χ1n) is 31.3. The first-order valence-corrected chi connectivity index (χ1v) is 32.1. The van der Waals surface area contributed by atoms with Crippen molar-refractivity contribution in [3.05, 3.63) is 344 Å². The van der Waals surface area contributed by atoms with E-state index in [1.54, 1.807) is 0 Å². The molecule has 440 valence electrons. The molecule has 93 heavy (non-hydrogen) atoms. The van der Waals surface area contributed by atoms with Crippen molar-refractivity contribution in [2.75, 3.05) is 0 Å². The number of fused-ring (bicyclic) bond motifs is 12. The van der Waals surface area contributed by atoms with Gasteiger partial charge in [0.1, 0.15) is 0 Å². The summed E-state index contributed by atoms with van der Waals surface area (Å²) in [5.41, 5.74) is 13.0. The summed E-state index contributed by atoms with van der Waals surface area (Å²) in [6.07, 6.45) is 0. The van der Waals surface area contributed by atoms with Crippen molar-refractivity contribution in [1.82, 2.24) is 0 Å². The Bertz CT molecular complexity index is 5750. The van der Waals surface area contributed by atoms with Gasteiger partial charge in [-0.2, -0.15) is 0 Å². The van der Waals surface area contributed by atoms with E-state index in [1.165, 1.54) is 131 Å². The van der Waals surface area contributed by atoms with Crippen molar-refractivity contribution in [1.29, 1.82) is 0 Å². The van der Waals surface area contributed by atoms with Crippen molar-refractivity contribution in [3.63, 3.8) is 0 Å². The first-order chi connectivity index (χ1) is 45.4. The van der Waals surface area contributed by atoms with E-state index in [0.29, 0.717) is 5.46 Å². The Morgan fingerprint density at radius 3 is 0.860 bits per heavy atom. The highest BCUT2D eigenvalue weighted by Gasteiger charge is 2.23. The Balaban J connectivity index is 0.000000125. The summed E-state index contributed by atoms with van der Waals surface area (Å²) in [5, 5.41) is 44.4. The lowest BCUT2D eigenvalue weighted by Crippen LogP contribution is -2.31. The second kappa shape index (κ2) is 25.0. The molecule has 0 aliphatic rings. The molecule has 0 saturated heterocycles. The van der Waals surface area contributed by atoms with Crippen LogP contribution in [-0.4, -0.2) is 17.2 Å². The van der Waals surface area contributed by atoms with Crippen LogP contribution in [0.3, 0.4) is 0 Å². The van der Waals surface area contributed by atoms with E-state index >= 15 is 0 Å². The highest BCUT2D eigenvalue weighted by atomic mass is 79.9. The zero-order valence-corrected chi connectivity index (χ0v) is 51.8. The fourth-order valence-electron chi connectivity index (χ4n) is 14.4. The van der Waals surface area contributed by atoms with Crippen molar-refractivity contribution in [2.24, 2.45) is 0 Å². The number of hydrogen-bond acceptors (Lipinski definition) is 2. The standard InChI is InChI=1S/C44H28.C24H17BO2.C20H13Br.CH4/c1-4-15-35-29(11-1)13-9-22-38(35)44-41-18-7-5-16-39(41)43(40-17-6-8-19-42(40)44)32-25-23-31(24-26-32)34-20-10-21-36-33-14-3-2-12-30(33)27-28-37(34)36;26-25(27)24-21-13-5-3-11-19(21)23(20-12-4-6-14-22(20)24)18-15-7-9-16-8-1-2-10-17(16)18;21-16-11-8-15(9-12-16)18-6-3-7-19-17-5-2-1-4-14(17)10-13-20(18)19;/h1-28H;1-15,26-27H;1-13H;1H4. The maximum atomic E-state index is 10.1. The van der Waals surface area contributed by atoms with Crippen LogP contribution >= 0.6 is 15.9 Å². The van der Waals surface area contributed by atoms with Gasteiger partial charge in [-0.05, 0) is 181 Å². The SMILES string of the molecule is Brc1ccc(-c2cccc3c2ccc2ccccc23)cc1.C.OB(O)c1c2ccccc2c(-c2cccc3ccccc23)c2ccccc12.c1ccc2c(-c3c4ccccc4c(-c4ccc(-c5cccc6c5ccc5ccccc56)cc4)c4ccccc34)cccc2c1. The van der Waals surface area contributed by atoms with Crippen molar-refractivity contribution < 1.29 is 10.0 Å². The largest absolute Gasteiger partial charge is 0.489 e. The van der Waals surface area contributed by atoms with Gasteiger partial charge in [0, 0.05) is 4.47 Å². The van der Waals surface area contributed by atoms with Crippen LogP contribution in [0.25, 0.3) is 163 Å². The van der Waals surface area contributed by atoms with Gasteiger partial charge >= 0.3 is 7.12 Å². The average Bonchev–Trinajstić information content (AvgIpc) is 0.761. The van der Waals surface area contributed by atoms with E-state index in [2.05, 4.69) is 313 Å². The maximum Gasteiger partial charge on any atom is 0.489 e. The molecule has 0 atom stereocenters. The van der Waals surface area contributed by atoms with Crippen LogP contribution in [0.2, 0.25) is 0 Å². The molecule has 0 aromatic heterocycles. The van der Waals surface area contributed by atoms with E-state index in [9.17, 15) is 10.0 Å². The Hall–Kier alpha value is -11.0. The van der Waals surface area contributed by atoms with Crippen LogP contribution in [0, 0.1) is 0 Å². The van der Waals surface area contributed by atoms with Crippen molar-refractivity contribution in [2.45, 2.75) is 7.43 Å². The molecular formula is C89H62BBrO2. The molecule has 2 N–H and O–H groups in total. The van der Waals surface area contributed by atoms with Gasteiger partial charge in [0.15, 0.2) is 0 Å². The maximum absolute atomic E-state index is 10.1. The molecule has 0 spiro atoms. The van der Waals surface area contributed by atoms with Crippen LogP contribution in [0.5, 0.6) is 0 Å². The number of halogens is 1. The fraction of sp³-hybridized carbons (Fsp3) is 0.0112. The normalized spacial score (nSPS) is 11.3. The Kier molecular flexibility index (Phi) is 15.7. The highest BCUT2D eigenvalue weighted by molar-refractivity contribution is 9.10.